The Kier molecular flexibility index (Phi) is 5.21. The summed E-state index contributed by atoms with van der Waals surface area (Å²) in [5, 5.41) is 5.51. The lowest BCUT2D eigenvalue weighted by Gasteiger charge is -2.13. The van der Waals surface area contributed by atoms with Crippen molar-refractivity contribution in [3.63, 3.8) is 0 Å². The quantitative estimate of drug-likeness (QED) is 0.665. The van der Waals surface area contributed by atoms with Gasteiger partial charge in [0.2, 0.25) is 0 Å². The van der Waals surface area contributed by atoms with Crippen LogP contribution in [-0.2, 0) is 0 Å². The second-order valence-corrected chi connectivity index (χ2v) is 6.09. The zero-order valence-electron chi connectivity index (χ0n) is 15.2. The molecule has 1 heterocycles. The fourth-order valence-corrected chi connectivity index (χ4v) is 2.76. The predicted molar refractivity (Wildman–Crippen MR) is 101 cm³/mol. The van der Waals surface area contributed by atoms with Gasteiger partial charge in [-0.15, -0.1) is 0 Å². The molecule has 140 valence electrons. The van der Waals surface area contributed by atoms with Gasteiger partial charge in [0, 0.05) is 28.9 Å². The molecule has 1 aromatic heterocycles. The van der Waals surface area contributed by atoms with E-state index in [0.29, 0.717) is 23.7 Å². The van der Waals surface area contributed by atoms with Gasteiger partial charge in [-0.05, 0) is 44.5 Å². The van der Waals surface area contributed by atoms with Crippen molar-refractivity contribution in [2.75, 3.05) is 17.2 Å². The van der Waals surface area contributed by atoms with Gasteiger partial charge in [-0.3, -0.25) is 0 Å². The van der Waals surface area contributed by atoms with E-state index in [4.69, 9.17) is 4.74 Å². The average molecular weight is 371 g/mol. The summed E-state index contributed by atoms with van der Waals surface area (Å²) in [5.41, 5.74) is 2.25. The molecule has 3 aromatic rings. The van der Waals surface area contributed by atoms with Crippen LogP contribution >= 0.6 is 0 Å². The van der Waals surface area contributed by atoms with Crippen LogP contribution in [0.5, 0.6) is 5.75 Å². The van der Waals surface area contributed by atoms with Crippen LogP contribution in [-0.4, -0.2) is 17.6 Å². The highest BCUT2D eigenvalue weighted by Gasteiger charge is 2.13. The summed E-state index contributed by atoms with van der Waals surface area (Å²) in [7, 11) is 0. The topological polar surface area (TPSA) is 63.2 Å². The third-order valence-electron chi connectivity index (χ3n) is 3.95. The Bertz CT molecular complexity index is 1020. The Balaban J connectivity index is 1.87. The van der Waals surface area contributed by atoms with E-state index in [1.54, 1.807) is 25.1 Å². The van der Waals surface area contributed by atoms with Crippen LogP contribution in [0.15, 0.2) is 36.4 Å². The molecule has 7 heteroatoms. The van der Waals surface area contributed by atoms with Gasteiger partial charge in [-0.1, -0.05) is 6.07 Å². The number of ether oxygens (including phenoxy) is 1. The lowest BCUT2D eigenvalue weighted by atomic mass is 10.1. The Morgan fingerprint density at radius 2 is 1.89 bits per heavy atom. The maximum absolute atomic E-state index is 14.0. The molecule has 2 amide bonds. The number of pyridine rings is 1. The Hall–Kier alpha value is -3.22. The first-order valence-electron chi connectivity index (χ1n) is 8.45. The van der Waals surface area contributed by atoms with Crippen molar-refractivity contribution >= 4 is 28.3 Å². The first kappa shape index (κ1) is 18.6. The van der Waals surface area contributed by atoms with Gasteiger partial charge in [-0.25, -0.2) is 18.6 Å². The number of fused-ring (bicyclic) bond motifs is 1. The normalized spacial score (nSPS) is 10.7. The van der Waals surface area contributed by atoms with Crippen molar-refractivity contribution in [3.05, 3.63) is 59.3 Å². The minimum Gasteiger partial charge on any atom is -0.494 e. The van der Waals surface area contributed by atoms with Crippen LogP contribution in [0.2, 0.25) is 0 Å². The van der Waals surface area contributed by atoms with Crippen molar-refractivity contribution in [2.24, 2.45) is 0 Å². The number of carbonyl (C=O) groups is 1. The van der Waals surface area contributed by atoms with Crippen LogP contribution in [0.4, 0.5) is 25.0 Å². The molecule has 27 heavy (non-hydrogen) atoms. The third kappa shape index (κ3) is 4.13. The van der Waals surface area contributed by atoms with Crippen LogP contribution < -0.4 is 15.4 Å². The van der Waals surface area contributed by atoms with Gasteiger partial charge in [-0.2, -0.15) is 0 Å². The Labute approximate surface area is 155 Å². The maximum atomic E-state index is 14.0. The molecule has 0 saturated heterocycles. The number of rotatable bonds is 4. The third-order valence-corrected chi connectivity index (χ3v) is 3.95. The molecule has 0 fully saturated rings. The zero-order chi connectivity index (χ0) is 19.6. The summed E-state index contributed by atoms with van der Waals surface area (Å²) >= 11 is 0. The van der Waals surface area contributed by atoms with Crippen molar-refractivity contribution in [3.8, 4) is 5.75 Å². The minimum absolute atomic E-state index is 0.000618. The summed E-state index contributed by atoms with van der Waals surface area (Å²) < 4.78 is 33.1. The van der Waals surface area contributed by atoms with Gasteiger partial charge in [0.05, 0.1) is 12.3 Å². The fraction of sp³-hybridized carbons (Fsp3) is 0.200. The Morgan fingerprint density at radius 1 is 1.11 bits per heavy atom. The number of benzene rings is 2. The number of hydrogen-bond acceptors (Lipinski definition) is 3. The number of hydrogen-bond donors (Lipinski definition) is 2. The molecule has 0 unspecified atom stereocenters. The van der Waals surface area contributed by atoms with Gasteiger partial charge in [0.15, 0.2) is 5.82 Å². The molecule has 0 bridgehead atoms. The van der Waals surface area contributed by atoms with Crippen LogP contribution in [0.1, 0.15) is 18.2 Å². The molecule has 2 N–H and O–H groups in total. The monoisotopic (exact) mass is 371 g/mol. The average Bonchev–Trinajstić information content (AvgIpc) is 2.59. The summed E-state index contributed by atoms with van der Waals surface area (Å²) in [4.78, 5) is 16.5. The highest BCUT2D eigenvalue weighted by atomic mass is 19.1. The second kappa shape index (κ2) is 7.57. The SMILES string of the molecule is CCOc1cc(NC(=O)Nc2cc(C)nc3c(F)cc(F)cc23)ccc1C. The van der Waals surface area contributed by atoms with Crippen molar-refractivity contribution < 1.29 is 18.3 Å². The standard InChI is InChI=1S/C20H19F2N3O2/c1-4-27-18-10-14(6-5-11(18)2)24-20(26)25-17-7-12(3)23-19-15(17)8-13(21)9-16(19)22/h5-10H,4H2,1-3H3,(H2,23,24,25,26). The highest BCUT2D eigenvalue weighted by molar-refractivity contribution is 6.05. The minimum atomic E-state index is -0.781. The lowest BCUT2D eigenvalue weighted by molar-refractivity contribution is 0.262. The number of nitrogens with zero attached hydrogens (tertiary/aromatic N) is 1. The van der Waals surface area contributed by atoms with E-state index in [1.165, 1.54) is 0 Å². The first-order valence-corrected chi connectivity index (χ1v) is 8.45. The van der Waals surface area contributed by atoms with Gasteiger partial charge in [0.1, 0.15) is 17.1 Å². The van der Waals surface area contributed by atoms with E-state index in [0.717, 1.165) is 17.7 Å². The fourth-order valence-electron chi connectivity index (χ4n) is 2.76. The molecule has 0 aliphatic rings. The molecule has 0 atom stereocenters. The van der Waals surface area contributed by atoms with E-state index in [1.807, 2.05) is 19.9 Å². The smallest absolute Gasteiger partial charge is 0.323 e. The summed E-state index contributed by atoms with van der Waals surface area (Å²) in [6, 6.07) is 8.21. The van der Waals surface area contributed by atoms with Gasteiger partial charge < -0.3 is 15.4 Å². The number of aromatic nitrogens is 1. The van der Waals surface area contributed by atoms with E-state index < -0.39 is 17.7 Å². The number of carbonyl (C=O) groups excluding carboxylic acids is 1. The number of aryl methyl sites for hydroxylation is 2. The van der Waals surface area contributed by atoms with E-state index in [2.05, 4.69) is 15.6 Å². The number of nitrogens with one attached hydrogen (secondary N) is 2. The molecule has 0 aliphatic carbocycles. The number of anilines is 2. The predicted octanol–water partition coefficient (Wildman–Crippen LogP) is 5.17. The molecule has 0 saturated carbocycles. The molecule has 0 radical (unpaired) electrons. The molecule has 0 aliphatic heterocycles. The molecular formula is C20H19F2N3O2. The Morgan fingerprint density at radius 3 is 2.63 bits per heavy atom. The molecule has 0 spiro atoms. The van der Waals surface area contributed by atoms with Crippen LogP contribution in [0, 0.1) is 25.5 Å². The number of halogens is 2. The number of amides is 2. The van der Waals surface area contributed by atoms with E-state index in [9.17, 15) is 13.6 Å². The van der Waals surface area contributed by atoms with Crippen LogP contribution in [0.25, 0.3) is 10.9 Å². The zero-order valence-corrected chi connectivity index (χ0v) is 15.2. The number of urea groups is 1. The summed E-state index contributed by atoms with van der Waals surface area (Å²) in [6.07, 6.45) is 0. The molecule has 3 rings (SSSR count). The summed E-state index contributed by atoms with van der Waals surface area (Å²) in [6.45, 7) is 5.96. The van der Waals surface area contributed by atoms with Gasteiger partial charge >= 0.3 is 6.03 Å². The van der Waals surface area contributed by atoms with Crippen molar-refractivity contribution in [1.82, 2.24) is 4.98 Å². The van der Waals surface area contributed by atoms with E-state index >= 15 is 0 Å². The van der Waals surface area contributed by atoms with Gasteiger partial charge in [0.25, 0.3) is 0 Å². The summed E-state index contributed by atoms with van der Waals surface area (Å²) in [5.74, 6) is -0.851. The highest BCUT2D eigenvalue weighted by Crippen LogP contribution is 2.27. The molecule has 5 nitrogen and oxygen atoms in total. The van der Waals surface area contributed by atoms with Crippen molar-refractivity contribution in [2.45, 2.75) is 20.8 Å². The lowest BCUT2D eigenvalue weighted by Crippen LogP contribution is -2.20. The second-order valence-electron chi connectivity index (χ2n) is 6.09. The maximum Gasteiger partial charge on any atom is 0.323 e. The molecular weight excluding hydrogens is 352 g/mol. The first-order chi connectivity index (χ1) is 12.9. The van der Waals surface area contributed by atoms with Crippen LogP contribution in [0.3, 0.4) is 0 Å². The molecule has 2 aromatic carbocycles. The van der Waals surface area contributed by atoms with E-state index in [-0.39, 0.29) is 16.6 Å². The van der Waals surface area contributed by atoms with Crippen molar-refractivity contribution in [1.29, 1.82) is 0 Å². The largest absolute Gasteiger partial charge is 0.494 e.